The van der Waals surface area contributed by atoms with Crippen LogP contribution in [-0.2, 0) is 4.79 Å². The van der Waals surface area contributed by atoms with Gasteiger partial charge in [0.05, 0.1) is 5.92 Å². The SMILES string of the molecule is C[C@@H]1CNC[C@H]1C(=O)NCC1(N(C)C)CCCC1.Cl. The van der Waals surface area contributed by atoms with Gasteiger partial charge in [0.15, 0.2) is 0 Å². The van der Waals surface area contributed by atoms with Crippen molar-refractivity contribution in [2.75, 3.05) is 33.7 Å². The number of carbonyl (C=O) groups is 1. The van der Waals surface area contributed by atoms with E-state index < -0.39 is 0 Å². The first-order valence-electron chi connectivity index (χ1n) is 7.21. The maximum absolute atomic E-state index is 12.2. The Balaban J connectivity index is 0.00000180. The average Bonchev–Trinajstić information content (AvgIpc) is 2.95. The first kappa shape index (κ1) is 16.7. The van der Waals surface area contributed by atoms with Gasteiger partial charge < -0.3 is 15.5 Å². The van der Waals surface area contributed by atoms with Crippen LogP contribution in [0.1, 0.15) is 32.6 Å². The van der Waals surface area contributed by atoms with Crippen LogP contribution in [0.2, 0.25) is 0 Å². The fraction of sp³-hybridized carbons (Fsp3) is 0.929. The normalized spacial score (nSPS) is 29.3. The zero-order valence-electron chi connectivity index (χ0n) is 12.4. The molecule has 0 unspecified atom stereocenters. The van der Waals surface area contributed by atoms with Crippen LogP contribution in [-0.4, -0.2) is 50.1 Å². The third-order valence-electron chi connectivity index (χ3n) is 4.93. The molecular weight excluding hydrogens is 262 g/mol. The van der Waals surface area contributed by atoms with Gasteiger partial charge in [0, 0.05) is 18.6 Å². The second kappa shape index (κ2) is 6.91. The summed E-state index contributed by atoms with van der Waals surface area (Å²) < 4.78 is 0. The van der Waals surface area contributed by atoms with Gasteiger partial charge >= 0.3 is 0 Å². The summed E-state index contributed by atoms with van der Waals surface area (Å²) in [5, 5.41) is 6.49. The summed E-state index contributed by atoms with van der Waals surface area (Å²) in [5.74, 6) is 0.857. The smallest absolute Gasteiger partial charge is 0.224 e. The molecular formula is C14H28ClN3O. The molecule has 19 heavy (non-hydrogen) atoms. The highest BCUT2D eigenvalue weighted by molar-refractivity contribution is 5.85. The molecule has 1 aliphatic heterocycles. The molecule has 4 nitrogen and oxygen atoms in total. The number of hydrogen-bond donors (Lipinski definition) is 2. The summed E-state index contributed by atoms with van der Waals surface area (Å²) in [6.45, 7) is 4.77. The summed E-state index contributed by atoms with van der Waals surface area (Å²) in [6, 6.07) is 0. The topological polar surface area (TPSA) is 44.4 Å². The van der Waals surface area contributed by atoms with Gasteiger partial charge in [0.2, 0.25) is 5.91 Å². The fourth-order valence-corrected chi connectivity index (χ4v) is 3.36. The monoisotopic (exact) mass is 289 g/mol. The van der Waals surface area contributed by atoms with Crippen molar-refractivity contribution in [1.29, 1.82) is 0 Å². The van der Waals surface area contributed by atoms with Crippen LogP contribution in [0.3, 0.4) is 0 Å². The van der Waals surface area contributed by atoms with Crippen molar-refractivity contribution < 1.29 is 4.79 Å². The summed E-state index contributed by atoms with van der Waals surface area (Å²) in [7, 11) is 4.27. The first-order chi connectivity index (χ1) is 8.55. The van der Waals surface area contributed by atoms with Crippen molar-refractivity contribution in [3.63, 3.8) is 0 Å². The van der Waals surface area contributed by atoms with Gasteiger partial charge in [-0.15, -0.1) is 12.4 Å². The van der Waals surface area contributed by atoms with Gasteiger partial charge in [-0.05, 0) is 39.4 Å². The van der Waals surface area contributed by atoms with Crippen LogP contribution in [0.5, 0.6) is 0 Å². The molecule has 1 heterocycles. The molecule has 1 amide bonds. The lowest BCUT2D eigenvalue weighted by atomic mass is 9.94. The molecule has 2 fully saturated rings. The van der Waals surface area contributed by atoms with Crippen LogP contribution in [0.4, 0.5) is 0 Å². The third-order valence-corrected chi connectivity index (χ3v) is 4.93. The Morgan fingerprint density at radius 1 is 1.32 bits per heavy atom. The largest absolute Gasteiger partial charge is 0.354 e. The summed E-state index contributed by atoms with van der Waals surface area (Å²) >= 11 is 0. The quantitative estimate of drug-likeness (QED) is 0.819. The lowest BCUT2D eigenvalue weighted by Gasteiger charge is -2.36. The van der Waals surface area contributed by atoms with E-state index in [1.807, 2.05) is 0 Å². The minimum absolute atomic E-state index is 0. The molecule has 0 aromatic heterocycles. The number of halogens is 1. The predicted molar refractivity (Wildman–Crippen MR) is 80.7 cm³/mol. The van der Waals surface area contributed by atoms with Crippen LogP contribution >= 0.6 is 12.4 Å². The number of likely N-dealkylation sites (N-methyl/N-ethyl adjacent to an activating group) is 1. The molecule has 5 heteroatoms. The Hall–Kier alpha value is -0.320. The van der Waals surface area contributed by atoms with E-state index in [0.717, 1.165) is 19.6 Å². The number of nitrogens with zero attached hydrogens (tertiary/aromatic N) is 1. The molecule has 0 aromatic carbocycles. The van der Waals surface area contributed by atoms with E-state index in [-0.39, 0.29) is 29.8 Å². The summed E-state index contributed by atoms with van der Waals surface area (Å²) in [4.78, 5) is 14.5. The minimum Gasteiger partial charge on any atom is -0.354 e. The van der Waals surface area contributed by atoms with Gasteiger partial charge in [0.25, 0.3) is 0 Å². The molecule has 0 bridgehead atoms. The lowest BCUT2D eigenvalue weighted by Crippen LogP contribution is -2.52. The molecule has 2 atom stereocenters. The van der Waals surface area contributed by atoms with E-state index in [1.165, 1.54) is 25.7 Å². The second-order valence-electron chi connectivity index (χ2n) is 6.29. The maximum atomic E-state index is 12.2. The Kier molecular flexibility index (Phi) is 6.09. The highest BCUT2D eigenvalue weighted by Gasteiger charge is 2.37. The molecule has 1 saturated heterocycles. The third kappa shape index (κ3) is 3.61. The minimum atomic E-state index is 0. The Bertz CT molecular complexity index is 303. The molecule has 0 aromatic rings. The summed E-state index contributed by atoms with van der Waals surface area (Å²) in [6.07, 6.45) is 4.99. The second-order valence-corrected chi connectivity index (χ2v) is 6.29. The van der Waals surface area contributed by atoms with Crippen molar-refractivity contribution in [2.24, 2.45) is 11.8 Å². The fourth-order valence-electron chi connectivity index (χ4n) is 3.36. The average molecular weight is 290 g/mol. The number of hydrogen-bond acceptors (Lipinski definition) is 3. The van der Waals surface area contributed by atoms with Crippen molar-refractivity contribution in [3.8, 4) is 0 Å². The van der Waals surface area contributed by atoms with Gasteiger partial charge in [-0.3, -0.25) is 4.79 Å². The van der Waals surface area contributed by atoms with E-state index >= 15 is 0 Å². The molecule has 2 rings (SSSR count). The Labute approximate surface area is 123 Å². The Morgan fingerprint density at radius 3 is 2.42 bits per heavy atom. The predicted octanol–water partition coefficient (Wildman–Crippen LogP) is 1.25. The molecule has 0 spiro atoms. The zero-order valence-corrected chi connectivity index (χ0v) is 13.2. The van der Waals surface area contributed by atoms with Gasteiger partial charge in [0.1, 0.15) is 0 Å². The van der Waals surface area contributed by atoms with Gasteiger partial charge in [-0.1, -0.05) is 19.8 Å². The van der Waals surface area contributed by atoms with Crippen LogP contribution in [0, 0.1) is 11.8 Å². The van der Waals surface area contributed by atoms with E-state index in [4.69, 9.17) is 0 Å². The van der Waals surface area contributed by atoms with Crippen LogP contribution in [0.25, 0.3) is 0 Å². The molecule has 2 N–H and O–H groups in total. The first-order valence-corrected chi connectivity index (χ1v) is 7.21. The Morgan fingerprint density at radius 2 is 1.95 bits per heavy atom. The van der Waals surface area contributed by atoms with Crippen molar-refractivity contribution in [3.05, 3.63) is 0 Å². The number of amides is 1. The lowest BCUT2D eigenvalue weighted by molar-refractivity contribution is -0.126. The van der Waals surface area contributed by atoms with Crippen LogP contribution in [0.15, 0.2) is 0 Å². The van der Waals surface area contributed by atoms with E-state index in [2.05, 4.69) is 36.6 Å². The van der Waals surface area contributed by atoms with Crippen molar-refractivity contribution >= 4 is 18.3 Å². The van der Waals surface area contributed by atoms with E-state index in [1.54, 1.807) is 0 Å². The highest BCUT2D eigenvalue weighted by atomic mass is 35.5. The molecule has 112 valence electrons. The van der Waals surface area contributed by atoms with Gasteiger partial charge in [-0.25, -0.2) is 0 Å². The standard InChI is InChI=1S/C14H27N3O.ClH/c1-11-8-15-9-12(11)13(18)16-10-14(17(2)3)6-4-5-7-14;/h11-12,15H,4-10H2,1-3H3,(H,16,18);1H/t11-,12-;/m1./s1. The van der Waals surface area contributed by atoms with E-state index in [9.17, 15) is 4.79 Å². The zero-order chi connectivity index (χ0) is 13.2. The van der Waals surface area contributed by atoms with Crippen molar-refractivity contribution in [1.82, 2.24) is 15.5 Å². The molecule has 2 aliphatic rings. The van der Waals surface area contributed by atoms with Crippen molar-refractivity contribution in [2.45, 2.75) is 38.1 Å². The molecule has 0 radical (unpaired) electrons. The summed E-state index contributed by atoms with van der Waals surface area (Å²) in [5.41, 5.74) is 0.199. The molecule has 1 saturated carbocycles. The van der Waals surface area contributed by atoms with Gasteiger partial charge in [-0.2, -0.15) is 0 Å². The number of carbonyl (C=O) groups excluding carboxylic acids is 1. The number of nitrogens with one attached hydrogen (secondary N) is 2. The number of rotatable bonds is 4. The highest BCUT2D eigenvalue weighted by Crippen LogP contribution is 2.33. The van der Waals surface area contributed by atoms with Crippen LogP contribution < -0.4 is 10.6 Å². The maximum Gasteiger partial charge on any atom is 0.224 e. The van der Waals surface area contributed by atoms with E-state index in [0.29, 0.717) is 5.92 Å². The molecule has 1 aliphatic carbocycles.